The van der Waals surface area contributed by atoms with E-state index < -0.39 is 0 Å². The highest BCUT2D eigenvalue weighted by atomic mass is 35.5. The Bertz CT molecular complexity index is 632. The number of amides is 2. The lowest BCUT2D eigenvalue weighted by Crippen LogP contribution is -2.30. The smallest absolute Gasteiger partial charge is 0.319 e. The highest BCUT2D eigenvalue weighted by Gasteiger charge is 2.21. The van der Waals surface area contributed by atoms with Gasteiger partial charge in [0.15, 0.2) is 5.82 Å². The van der Waals surface area contributed by atoms with Crippen LogP contribution in [0.5, 0.6) is 0 Å². The molecule has 0 aliphatic carbocycles. The molecule has 1 aromatic carbocycles. The first-order chi connectivity index (χ1) is 10.3. The molecule has 22 heavy (non-hydrogen) atoms. The van der Waals surface area contributed by atoms with Gasteiger partial charge in [0.1, 0.15) is 0 Å². The Hall–Kier alpha value is -2.08. The van der Waals surface area contributed by atoms with Crippen molar-refractivity contribution in [3.8, 4) is 0 Å². The highest BCUT2D eigenvalue weighted by Crippen LogP contribution is 2.19. The van der Waals surface area contributed by atoms with Gasteiger partial charge in [0.25, 0.3) is 0 Å². The Balaban J connectivity index is 1.77. The number of urea groups is 1. The fourth-order valence-electron chi connectivity index (χ4n) is 1.66. The first-order valence-corrected chi connectivity index (χ1v) is 7.36. The van der Waals surface area contributed by atoms with E-state index in [0.717, 1.165) is 0 Å². The van der Waals surface area contributed by atoms with Crippen molar-refractivity contribution in [3.05, 3.63) is 41.0 Å². The van der Waals surface area contributed by atoms with E-state index in [4.69, 9.17) is 16.1 Å². The van der Waals surface area contributed by atoms with Crippen LogP contribution in [-0.2, 0) is 11.8 Å². The number of rotatable bonds is 4. The number of nitrogens with zero attached hydrogens (tertiary/aromatic N) is 2. The molecule has 118 valence electrons. The number of hydrogen-bond acceptors (Lipinski definition) is 4. The predicted octanol–water partition coefficient (Wildman–Crippen LogP) is 3.38. The van der Waals surface area contributed by atoms with E-state index in [1.165, 1.54) is 0 Å². The first kappa shape index (κ1) is 16.3. The first-order valence-electron chi connectivity index (χ1n) is 6.98. The largest absolute Gasteiger partial charge is 0.339 e. The molecule has 2 amide bonds. The summed E-state index contributed by atoms with van der Waals surface area (Å²) in [5.41, 5.74) is 0.501. The summed E-state index contributed by atoms with van der Waals surface area (Å²) in [5, 5.41) is 9.97. The van der Waals surface area contributed by atoms with Gasteiger partial charge in [0, 0.05) is 29.1 Å². The molecule has 0 fully saturated rings. The predicted molar refractivity (Wildman–Crippen MR) is 85.2 cm³/mol. The molecule has 0 radical (unpaired) electrons. The van der Waals surface area contributed by atoms with Crippen LogP contribution in [0.3, 0.4) is 0 Å². The van der Waals surface area contributed by atoms with Crippen LogP contribution in [0, 0.1) is 0 Å². The van der Waals surface area contributed by atoms with Gasteiger partial charge < -0.3 is 15.2 Å². The maximum atomic E-state index is 11.7. The summed E-state index contributed by atoms with van der Waals surface area (Å²) in [7, 11) is 0. The average Bonchev–Trinajstić information content (AvgIpc) is 2.90. The second kappa shape index (κ2) is 6.79. The summed E-state index contributed by atoms with van der Waals surface area (Å²) in [6, 6.07) is 6.60. The molecule has 0 bridgehead atoms. The zero-order chi connectivity index (χ0) is 16.2. The SMILES string of the molecule is CC(C)(C)c1nc(CCNC(=O)Nc2ccc(Cl)cc2)no1. The molecule has 2 N–H and O–H groups in total. The van der Waals surface area contributed by atoms with Crippen molar-refractivity contribution in [1.29, 1.82) is 0 Å². The highest BCUT2D eigenvalue weighted by molar-refractivity contribution is 6.30. The Morgan fingerprint density at radius 1 is 1.27 bits per heavy atom. The molecule has 0 atom stereocenters. The molecule has 0 aliphatic heterocycles. The molecule has 2 rings (SSSR count). The van der Waals surface area contributed by atoms with Gasteiger partial charge in [-0.15, -0.1) is 0 Å². The van der Waals surface area contributed by atoms with Crippen LogP contribution < -0.4 is 10.6 Å². The molecule has 6 nitrogen and oxygen atoms in total. The van der Waals surface area contributed by atoms with Gasteiger partial charge in [0.2, 0.25) is 5.89 Å². The van der Waals surface area contributed by atoms with Crippen molar-refractivity contribution < 1.29 is 9.32 Å². The van der Waals surface area contributed by atoms with E-state index in [1.807, 2.05) is 20.8 Å². The van der Waals surface area contributed by atoms with E-state index in [0.29, 0.717) is 35.4 Å². The van der Waals surface area contributed by atoms with Gasteiger partial charge in [-0.1, -0.05) is 37.5 Å². The number of nitrogens with one attached hydrogen (secondary N) is 2. The van der Waals surface area contributed by atoms with E-state index in [1.54, 1.807) is 24.3 Å². The average molecular weight is 323 g/mol. The molecule has 0 spiro atoms. The van der Waals surface area contributed by atoms with Gasteiger partial charge in [-0.3, -0.25) is 0 Å². The fraction of sp³-hybridized carbons (Fsp3) is 0.400. The molecular weight excluding hydrogens is 304 g/mol. The number of halogens is 1. The van der Waals surface area contributed by atoms with Crippen LogP contribution in [0.15, 0.2) is 28.8 Å². The van der Waals surface area contributed by atoms with Crippen LogP contribution in [-0.4, -0.2) is 22.7 Å². The third-order valence-electron chi connectivity index (χ3n) is 2.85. The monoisotopic (exact) mass is 322 g/mol. The summed E-state index contributed by atoms with van der Waals surface area (Å²) in [6.45, 7) is 6.43. The van der Waals surface area contributed by atoms with Crippen molar-refractivity contribution in [2.75, 3.05) is 11.9 Å². The Morgan fingerprint density at radius 2 is 1.95 bits per heavy atom. The van der Waals surface area contributed by atoms with Crippen molar-refractivity contribution in [2.45, 2.75) is 32.6 Å². The van der Waals surface area contributed by atoms with Crippen LogP contribution in [0.1, 0.15) is 32.5 Å². The van der Waals surface area contributed by atoms with E-state index in [2.05, 4.69) is 20.8 Å². The van der Waals surface area contributed by atoms with Crippen LogP contribution in [0.25, 0.3) is 0 Å². The topological polar surface area (TPSA) is 80.0 Å². The lowest BCUT2D eigenvalue weighted by molar-refractivity contribution is 0.252. The second-order valence-corrected chi connectivity index (χ2v) is 6.34. The number of aromatic nitrogens is 2. The zero-order valence-corrected chi connectivity index (χ0v) is 13.6. The van der Waals surface area contributed by atoms with Crippen LogP contribution >= 0.6 is 11.6 Å². The van der Waals surface area contributed by atoms with Crippen molar-refractivity contribution in [1.82, 2.24) is 15.5 Å². The zero-order valence-electron chi connectivity index (χ0n) is 12.8. The molecule has 1 heterocycles. The number of benzene rings is 1. The number of carbonyl (C=O) groups excluding carboxylic acids is 1. The Labute approximate surface area is 134 Å². The van der Waals surface area contributed by atoms with Gasteiger partial charge in [0.05, 0.1) is 0 Å². The summed E-state index contributed by atoms with van der Waals surface area (Å²) in [5.74, 6) is 1.17. The van der Waals surface area contributed by atoms with Crippen LogP contribution in [0.4, 0.5) is 10.5 Å². The van der Waals surface area contributed by atoms with Gasteiger partial charge >= 0.3 is 6.03 Å². The second-order valence-electron chi connectivity index (χ2n) is 5.90. The summed E-state index contributed by atoms with van der Waals surface area (Å²) in [6.07, 6.45) is 0.508. The number of anilines is 1. The maximum absolute atomic E-state index is 11.7. The molecule has 2 aromatic rings. The summed E-state index contributed by atoms with van der Waals surface area (Å²) in [4.78, 5) is 16.0. The lowest BCUT2D eigenvalue weighted by Gasteiger charge is -2.10. The Kier molecular flexibility index (Phi) is 5.03. The maximum Gasteiger partial charge on any atom is 0.319 e. The molecule has 0 aliphatic rings. The quantitative estimate of drug-likeness (QED) is 0.904. The number of hydrogen-bond donors (Lipinski definition) is 2. The summed E-state index contributed by atoms with van der Waals surface area (Å²) < 4.78 is 5.19. The molecule has 1 aromatic heterocycles. The van der Waals surface area contributed by atoms with Crippen molar-refractivity contribution in [2.24, 2.45) is 0 Å². The molecule has 0 saturated carbocycles. The van der Waals surface area contributed by atoms with Gasteiger partial charge in [-0.2, -0.15) is 4.98 Å². The van der Waals surface area contributed by atoms with E-state index in [-0.39, 0.29) is 11.4 Å². The molecule has 0 unspecified atom stereocenters. The molecule has 0 saturated heterocycles. The van der Waals surface area contributed by atoms with E-state index >= 15 is 0 Å². The lowest BCUT2D eigenvalue weighted by atomic mass is 9.97. The van der Waals surface area contributed by atoms with E-state index in [9.17, 15) is 4.79 Å². The fourth-order valence-corrected chi connectivity index (χ4v) is 1.78. The van der Waals surface area contributed by atoms with Crippen molar-refractivity contribution in [3.63, 3.8) is 0 Å². The van der Waals surface area contributed by atoms with Gasteiger partial charge in [-0.05, 0) is 24.3 Å². The summed E-state index contributed by atoms with van der Waals surface area (Å²) >= 11 is 5.78. The minimum atomic E-state index is -0.290. The Morgan fingerprint density at radius 3 is 2.55 bits per heavy atom. The standard InChI is InChI=1S/C15H19ClN4O2/c1-15(2,3)13-19-12(20-22-13)8-9-17-14(21)18-11-6-4-10(16)5-7-11/h4-7H,8-9H2,1-3H3,(H2,17,18,21). The minimum absolute atomic E-state index is 0.176. The normalized spacial score (nSPS) is 11.3. The van der Waals surface area contributed by atoms with Crippen LogP contribution in [0.2, 0.25) is 5.02 Å². The molecule has 7 heteroatoms. The van der Waals surface area contributed by atoms with Crippen molar-refractivity contribution >= 4 is 23.3 Å². The number of carbonyl (C=O) groups is 1. The third-order valence-corrected chi connectivity index (χ3v) is 3.10. The third kappa shape index (κ3) is 4.73. The molecular formula is C15H19ClN4O2. The van der Waals surface area contributed by atoms with Gasteiger partial charge in [-0.25, -0.2) is 4.79 Å². The minimum Gasteiger partial charge on any atom is -0.339 e.